The molecule has 0 aliphatic carbocycles. The molecule has 39 heavy (non-hydrogen) atoms. The van der Waals surface area contributed by atoms with Crippen LogP contribution in [-0.4, -0.2) is 58.1 Å². The summed E-state index contributed by atoms with van der Waals surface area (Å²) in [5.41, 5.74) is 14.0. The van der Waals surface area contributed by atoms with Gasteiger partial charge in [0.1, 0.15) is 6.04 Å². The van der Waals surface area contributed by atoms with E-state index in [2.05, 4.69) is 39.7 Å². The molecule has 0 bridgehead atoms. The van der Waals surface area contributed by atoms with Gasteiger partial charge in [-0.05, 0) is 68.3 Å². The number of carbonyl (C=O) groups is 2. The van der Waals surface area contributed by atoms with Crippen LogP contribution in [0.1, 0.15) is 50.7 Å². The molecule has 5 rings (SSSR count). The Morgan fingerprint density at radius 2 is 1.79 bits per heavy atom. The van der Waals surface area contributed by atoms with Crippen LogP contribution in [0.5, 0.6) is 0 Å². The van der Waals surface area contributed by atoms with E-state index in [9.17, 15) is 9.59 Å². The summed E-state index contributed by atoms with van der Waals surface area (Å²) in [5.74, 6) is 0.0688. The van der Waals surface area contributed by atoms with Crippen molar-refractivity contribution < 1.29 is 14.1 Å². The van der Waals surface area contributed by atoms with Gasteiger partial charge in [-0.3, -0.25) is 9.59 Å². The number of piperidine rings is 1. The second-order valence-electron chi connectivity index (χ2n) is 11.3. The fourth-order valence-electron chi connectivity index (χ4n) is 5.71. The van der Waals surface area contributed by atoms with Crippen LogP contribution in [0.2, 0.25) is 0 Å². The van der Waals surface area contributed by atoms with Gasteiger partial charge in [-0.15, -0.1) is 0 Å². The molecule has 2 amide bonds. The van der Waals surface area contributed by atoms with Crippen LogP contribution in [-0.2, 0) is 21.4 Å². The van der Waals surface area contributed by atoms with Crippen molar-refractivity contribution in [3.63, 3.8) is 0 Å². The van der Waals surface area contributed by atoms with Gasteiger partial charge < -0.3 is 31.1 Å². The molecule has 10 nitrogen and oxygen atoms in total. The van der Waals surface area contributed by atoms with Crippen LogP contribution in [0.15, 0.2) is 59.1 Å². The van der Waals surface area contributed by atoms with Gasteiger partial charge in [0, 0.05) is 30.7 Å². The molecule has 0 unspecified atom stereocenters. The largest absolute Gasteiger partial charge is 0.351 e. The number of hydrogen-bond donors (Lipinski definition) is 3. The zero-order valence-corrected chi connectivity index (χ0v) is 22.6. The number of likely N-dealkylation sites (tertiary alicyclic amines) is 1. The lowest BCUT2D eigenvalue weighted by Crippen LogP contribution is -2.58. The number of hydrogen-bond acceptors (Lipinski definition) is 8. The molecule has 1 aromatic heterocycles. The molecule has 3 heterocycles. The Morgan fingerprint density at radius 1 is 1.10 bits per heavy atom. The van der Waals surface area contributed by atoms with E-state index in [1.54, 1.807) is 13.8 Å². The van der Waals surface area contributed by atoms with E-state index in [0.717, 1.165) is 31.4 Å². The lowest BCUT2D eigenvalue weighted by Gasteiger charge is -2.41. The van der Waals surface area contributed by atoms with Gasteiger partial charge in [0.2, 0.25) is 11.8 Å². The number of aryl methyl sites for hydroxylation is 1. The molecule has 5 N–H and O–H groups in total. The van der Waals surface area contributed by atoms with Crippen LogP contribution < -0.4 is 21.7 Å². The molecule has 3 aromatic rings. The molecule has 1 fully saturated rings. The Balaban J connectivity index is 1.28. The summed E-state index contributed by atoms with van der Waals surface area (Å²) >= 11 is 0. The molecule has 2 aliphatic rings. The van der Waals surface area contributed by atoms with Crippen molar-refractivity contribution in [1.29, 1.82) is 0 Å². The second kappa shape index (κ2) is 10.7. The van der Waals surface area contributed by atoms with E-state index in [-0.39, 0.29) is 23.2 Å². The summed E-state index contributed by atoms with van der Waals surface area (Å²) in [5, 5.41) is 6.98. The predicted molar refractivity (Wildman–Crippen MR) is 149 cm³/mol. The lowest BCUT2D eigenvalue weighted by molar-refractivity contribution is -0.139. The molecule has 0 saturated carbocycles. The number of para-hydroxylation sites is 1. The molecule has 10 heteroatoms. The maximum absolute atomic E-state index is 13.8. The summed E-state index contributed by atoms with van der Waals surface area (Å²) in [7, 11) is 0. The second-order valence-corrected chi connectivity index (χ2v) is 11.3. The van der Waals surface area contributed by atoms with Crippen molar-refractivity contribution >= 4 is 29.5 Å². The first kappa shape index (κ1) is 26.7. The number of nitrogens with zero attached hydrogens (tertiary/aromatic N) is 4. The Hall–Kier alpha value is -3.92. The van der Waals surface area contributed by atoms with Crippen LogP contribution in [0, 0.1) is 0 Å². The van der Waals surface area contributed by atoms with Gasteiger partial charge in [0.05, 0.1) is 5.54 Å². The normalized spacial score (nSPS) is 17.2. The quantitative estimate of drug-likeness (QED) is 0.403. The first-order chi connectivity index (χ1) is 18.7. The molecule has 2 aromatic carbocycles. The first-order valence-corrected chi connectivity index (χ1v) is 13.6. The van der Waals surface area contributed by atoms with E-state index in [0.29, 0.717) is 32.0 Å². The van der Waals surface area contributed by atoms with Crippen molar-refractivity contribution in [2.75, 3.05) is 30.3 Å². The number of aromatic nitrogens is 2. The fraction of sp³-hybridized carbons (Fsp3) is 0.448. The number of nitrogen functional groups attached to an aromatic ring is 1. The SMILES string of the molecule is CC(C)(N)C(=O)N[C@H](CCCc1ccccc1)C(=O)N1CCC2(CC1)CN(c1noc(N)n1)c1ccccc12. The topological polar surface area (TPSA) is 144 Å². The molecular formula is C29H37N7O3. The Labute approximate surface area is 228 Å². The smallest absolute Gasteiger partial charge is 0.320 e. The third-order valence-corrected chi connectivity index (χ3v) is 7.92. The number of benzene rings is 2. The highest BCUT2D eigenvalue weighted by atomic mass is 16.5. The number of rotatable bonds is 8. The summed E-state index contributed by atoms with van der Waals surface area (Å²) in [6, 6.07) is 17.8. The van der Waals surface area contributed by atoms with Crippen molar-refractivity contribution in [3.05, 3.63) is 65.7 Å². The van der Waals surface area contributed by atoms with Gasteiger partial charge in [-0.2, -0.15) is 4.98 Å². The monoisotopic (exact) mass is 531 g/mol. The van der Waals surface area contributed by atoms with Gasteiger partial charge in [-0.1, -0.05) is 48.5 Å². The third-order valence-electron chi connectivity index (χ3n) is 7.92. The number of nitrogens with two attached hydrogens (primary N) is 2. The maximum Gasteiger partial charge on any atom is 0.320 e. The number of carbonyl (C=O) groups excluding carboxylic acids is 2. The van der Waals surface area contributed by atoms with Crippen LogP contribution in [0.3, 0.4) is 0 Å². The summed E-state index contributed by atoms with van der Waals surface area (Å²) in [4.78, 5) is 34.7. The van der Waals surface area contributed by atoms with E-state index in [1.165, 1.54) is 11.1 Å². The number of amides is 2. The van der Waals surface area contributed by atoms with E-state index >= 15 is 0 Å². The van der Waals surface area contributed by atoms with Crippen LogP contribution in [0.25, 0.3) is 0 Å². The van der Waals surface area contributed by atoms with E-state index in [4.69, 9.17) is 16.0 Å². The van der Waals surface area contributed by atoms with Crippen molar-refractivity contribution in [2.24, 2.45) is 5.73 Å². The fourth-order valence-corrected chi connectivity index (χ4v) is 5.71. The number of fused-ring (bicyclic) bond motifs is 2. The first-order valence-electron chi connectivity index (χ1n) is 13.6. The van der Waals surface area contributed by atoms with Gasteiger partial charge in [-0.25, -0.2) is 0 Å². The summed E-state index contributed by atoms with van der Waals surface area (Å²) in [6.07, 6.45) is 3.73. The van der Waals surface area contributed by atoms with Gasteiger partial charge >= 0.3 is 6.01 Å². The highest BCUT2D eigenvalue weighted by Gasteiger charge is 2.47. The van der Waals surface area contributed by atoms with Gasteiger partial charge in [0.25, 0.3) is 5.95 Å². The standard InChI is InChI=1S/C29H37N7O3/c1-28(2,31)25(38)32-22(13-8-11-20-9-4-3-5-10-20)24(37)35-17-15-29(16-18-35)19-36(27-33-26(30)39-34-27)23-14-7-6-12-21(23)29/h3-7,9-10,12,14,22H,8,11,13,15-19,31H2,1-2H3,(H,32,38)(H2,30,33,34)/t22-/m1/s1. The van der Waals surface area contributed by atoms with Crippen LogP contribution >= 0.6 is 0 Å². The summed E-state index contributed by atoms with van der Waals surface area (Å²) < 4.78 is 5.04. The average Bonchev–Trinajstić information content (AvgIpc) is 3.50. The lowest BCUT2D eigenvalue weighted by atomic mass is 9.74. The minimum atomic E-state index is -1.07. The summed E-state index contributed by atoms with van der Waals surface area (Å²) in [6.45, 7) is 5.17. The van der Waals surface area contributed by atoms with Crippen LogP contribution in [0.4, 0.5) is 17.7 Å². The molecule has 1 spiro atoms. The minimum Gasteiger partial charge on any atom is -0.351 e. The van der Waals surface area contributed by atoms with Crippen molar-refractivity contribution in [2.45, 2.75) is 62.9 Å². The zero-order valence-electron chi connectivity index (χ0n) is 22.6. The number of nitrogens with one attached hydrogen (secondary N) is 1. The predicted octanol–water partition coefficient (Wildman–Crippen LogP) is 2.91. The van der Waals surface area contributed by atoms with Crippen molar-refractivity contribution in [3.8, 4) is 0 Å². The molecule has 1 saturated heterocycles. The maximum atomic E-state index is 13.8. The highest BCUT2D eigenvalue weighted by Crippen LogP contribution is 2.49. The van der Waals surface area contributed by atoms with E-state index in [1.807, 2.05) is 40.1 Å². The molecule has 1 atom stereocenters. The average molecular weight is 532 g/mol. The zero-order chi connectivity index (χ0) is 27.6. The Bertz CT molecular complexity index is 1310. The highest BCUT2D eigenvalue weighted by molar-refractivity contribution is 5.91. The number of anilines is 3. The van der Waals surface area contributed by atoms with E-state index < -0.39 is 11.6 Å². The molecule has 0 radical (unpaired) electrons. The molecule has 2 aliphatic heterocycles. The molecular weight excluding hydrogens is 494 g/mol. The Morgan fingerprint density at radius 3 is 2.46 bits per heavy atom. The van der Waals surface area contributed by atoms with Crippen molar-refractivity contribution in [1.82, 2.24) is 20.4 Å². The third kappa shape index (κ3) is 5.61. The van der Waals surface area contributed by atoms with Gasteiger partial charge in [0.15, 0.2) is 0 Å². The molecule has 206 valence electrons. The minimum absolute atomic E-state index is 0.0323. The Kier molecular flexibility index (Phi) is 7.31.